The van der Waals surface area contributed by atoms with Crippen molar-refractivity contribution in [2.45, 2.75) is 64.1 Å². The Bertz CT molecular complexity index is 1190. The second-order valence-electron chi connectivity index (χ2n) is 9.79. The van der Waals surface area contributed by atoms with Crippen LogP contribution in [-0.4, -0.2) is 29.7 Å². The molecule has 190 valence electrons. The average Bonchev–Trinajstić information content (AvgIpc) is 3.23. The van der Waals surface area contributed by atoms with Crippen LogP contribution in [0.25, 0.3) is 0 Å². The number of fused-ring (bicyclic) bond motifs is 1. The topological polar surface area (TPSA) is 61.4 Å². The van der Waals surface area contributed by atoms with Crippen molar-refractivity contribution in [3.05, 3.63) is 106 Å². The van der Waals surface area contributed by atoms with Crippen LogP contribution in [0.3, 0.4) is 0 Å². The number of carbonyl (C=O) groups excluding carboxylic acids is 1. The Morgan fingerprint density at radius 1 is 1.03 bits per heavy atom. The van der Waals surface area contributed by atoms with E-state index in [0.717, 1.165) is 30.9 Å². The zero-order valence-corrected chi connectivity index (χ0v) is 20.9. The zero-order valence-electron chi connectivity index (χ0n) is 20.9. The molecule has 3 atom stereocenters. The fourth-order valence-corrected chi connectivity index (χ4v) is 4.93. The SMILES string of the molecule is CCc1cccc(CNC[C@@H](O)[C@H](Cc2cc(F)cc(F)c2)NC(=O)c2ccc3c(c2)C(C)CC3)c1. The van der Waals surface area contributed by atoms with Crippen LogP contribution >= 0.6 is 0 Å². The van der Waals surface area contributed by atoms with Gasteiger partial charge in [0.25, 0.3) is 5.91 Å². The number of aliphatic hydroxyl groups is 1. The molecular formula is C30H34F2N2O2. The number of aliphatic hydroxyl groups excluding tert-OH is 1. The molecule has 3 aromatic carbocycles. The summed E-state index contributed by atoms with van der Waals surface area (Å²) in [5.74, 6) is -1.29. The number of nitrogens with one attached hydrogen (secondary N) is 2. The summed E-state index contributed by atoms with van der Waals surface area (Å²) in [4.78, 5) is 13.2. The molecule has 0 saturated heterocycles. The van der Waals surface area contributed by atoms with E-state index in [1.165, 1.54) is 28.8 Å². The van der Waals surface area contributed by atoms with E-state index < -0.39 is 23.8 Å². The molecular weight excluding hydrogens is 458 g/mol. The maximum Gasteiger partial charge on any atom is 0.251 e. The number of hydrogen-bond acceptors (Lipinski definition) is 3. The molecule has 1 aliphatic rings. The van der Waals surface area contributed by atoms with Crippen molar-refractivity contribution in [2.24, 2.45) is 0 Å². The first-order valence-electron chi connectivity index (χ1n) is 12.7. The first kappa shape index (κ1) is 26.0. The minimum Gasteiger partial charge on any atom is -0.390 e. The van der Waals surface area contributed by atoms with Crippen molar-refractivity contribution < 1.29 is 18.7 Å². The van der Waals surface area contributed by atoms with Crippen molar-refractivity contribution in [3.8, 4) is 0 Å². The smallest absolute Gasteiger partial charge is 0.251 e. The molecule has 1 amide bonds. The zero-order chi connectivity index (χ0) is 25.7. The van der Waals surface area contributed by atoms with Gasteiger partial charge < -0.3 is 15.7 Å². The molecule has 1 aliphatic carbocycles. The van der Waals surface area contributed by atoms with E-state index in [4.69, 9.17) is 0 Å². The predicted octanol–water partition coefficient (Wildman–Crippen LogP) is 5.07. The lowest BCUT2D eigenvalue weighted by molar-refractivity contribution is 0.0829. The molecule has 0 heterocycles. The summed E-state index contributed by atoms with van der Waals surface area (Å²) in [6.07, 6.45) is 2.15. The van der Waals surface area contributed by atoms with Gasteiger partial charge in [-0.25, -0.2) is 8.78 Å². The van der Waals surface area contributed by atoms with E-state index in [1.54, 1.807) is 6.07 Å². The van der Waals surface area contributed by atoms with E-state index in [0.29, 0.717) is 23.6 Å². The molecule has 0 aliphatic heterocycles. The Hall–Kier alpha value is -3.09. The third kappa shape index (κ3) is 6.56. The summed E-state index contributed by atoms with van der Waals surface area (Å²) in [6, 6.07) is 16.5. The number of benzene rings is 3. The standard InChI is InChI=1S/C30H34F2N2O2/c1-3-20-5-4-6-21(11-20)17-33-18-29(35)28(14-22-12-25(31)16-26(32)13-22)34-30(36)24-10-9-23-8-7-19(2)27(23)15-24/h4-6,9-13,15-16,19,28-29,33,35H,3,7-8,14,17-18H2,1-2H3,(H,34,36)/t19?,28-,29+/m0/s1. The highest BCUT2D eigenvalue weighted by molar-refractivity contribution is 5.94. The number of aryl methyl sites for hydroxylation is 2. The fraction of sp³-hybridized carbons (Fsp3) is 0.367. The molecule has 4 nitrogen and oxygen atoms in total. The minimum absolute atomic E-state index is 0.0932. The van der Waals surface area contributed by atoms with Crippen LogP contribution in [0.1, 0.15) is 64.4 Å². The van der Waals surface area contributed by atoms with E-state index in [-0.39, 0.29) is 18.9 Å². The number of halogens is 2. The number of hydrogen-bond donors (Lipinski definition) is 3. The summed E-state index contributed by atoms with van der Waals surface area (Å²) in [5, 5.41) is 17.2. The van der Waals surface area contributed by atoms with Gasteiger partial charge in [-0.2, -0.15) is 0 Å². The third-order valence-corrected chi connectivity index (χ3v) is 7.03. The van der Waals surface area contributed by atoms with Crippen LogP contribution in [0.15, 0.2) is 60.7 Å². The van der Waals surface area contributed by atoms with Gasteiger partial charge in [0, 0.05) is 24.7 Å². The highest BCUT2D eigenvalue weighted by Gasteiger charge is 2.25. The predicted molar refractivity (Wildman–Crippen MR) is 138 cm³/mol. The maximum atomic E-state index is 13.8. The van der Waals surface area contributed by atoms with Gasteiger partial charge in [-0.1, -0.05) is 44.2 Å². The Balaban J connectivity index is 1.47. The van der Waals surface area contributed by atoms with E-state index in [1.807, 2.05) is 24.3 Å². The maximum absolute atomic E-state index is 13.8. The van der Waals surface area contributed by atoms with Gasteiger partial charge in [-0.05, 0) is 83.7 Å². The molecule has 4 rings (SSSR count). The molecule has 0 bridgehead atoms. The molecule has 0 aromatic heterocycles. The summed E-state index contributed by atoms with van der Waals surface area (Å²) < 4.78 is 27.6. The van der Waals surface area contributed by atoms with Crippen molar-refractivity contribution >= 4 is 5.91 Å². The van der Waals surface area contributed by atoms with Gasteiger partial charge in [-0.15, -0.1) is 0 Å². The molecule has 6 heteroatoms. The van der Waals surface area contributed by atoms with Gasteiger partial charge in [-0.3, -0.25) is 4.79 Å². The summed E-state index contributed by atoms with van der Waals surface area (Å²) >= 11 is 0. The van der Waals surface area contributed by atoms with E-state index in [2.05, 4.69) is 36.6 Å². The quantitative estimate of drug-likeness (QED) is 0.370. The number of amides is 1. The highest BCUT2D eigenvalue weighted by Crippen LogP contribution is 2.33. The molecule has 36 heavy (non-hydrogen) atoms. The summed E-state index contributed by atoms with van der Waals surface area (Å²) in [5.41, 5.74) is 5.67. The van der Waals surface area contributed by atoms with Crippen molar-refractivity contribution in [2.75, 3.05) is 6.54 Å². The van der Waals surface area contributed by atoms with Crippen LogP contribution in [0.2, 0.25) is 0 Å². The third-order valence-electron chi connectivity index (χ3n) is 7.03. The lowest BCUT2D eigenvalue weighted by Gasteiger charge is -2.25. The second kappa shape index (κ2) is 11.8. The molecule has 1 unspecified atom stereocenters. The molecule has 3 aromatic rings. The summed E-state index contributed by atoms with van der Waals surface area (Å²) in [7, 11) is 0. The number of carbonyl (C=O) groups is 1. The number of rotatable bonds is 10. The highest BCUT2D eigenvalue weighted by atomic mass is 19.1. The van der Waals surface area contributed by atoms with Crippen molar-refractivity contribution in [1.29, 1.82) is 0 Å². The largest absolute Gasteiger partial charge is 0.390 e. The molecule has 0 radical (unpaired) electrons. The van der Waals surface area contributed by atoms with E-state index >= 15 is 0 Å². The first-order chi connectivity index (χ1) is 17.3. The molecule has 0 saturated carbocycles. The van der Waals surface area contributed by atoms with Gasteiger partial charge in [0.1, 0.15) is 11.6 Å². The van der Waals surface area contributed by atoms with Crippen molar-refractivity contribution in [3.63, 3.8) is 0 Å². The fourth-order valence-electron chi connectivity index (χ4n) is 4.93. The molecule has 3 N–H and O–H groups in total. The monoisotopic (exact) mass is 492 g/mol. The van der Waals surface area contributed by atoms with Gasteiger partial charge in [0.2, 0.25) is 0 Å². The Labute approximate surface area is 211 Å². The lowest BCUT2D eigenvalue weighted by Crippen LogP contribution is -2.48. The van der Waals surface area contributed by atoms with E-state index in [9.17, 15) is 18.7 Å². The summed E-state index contributed by atoms with van der Waals surface area (Å²) in [6.45, 7) is 5.02. The molecule has 0 fully saturated rings. The normalized spacial score (nSPS) is 16.4. The Morgan fingerprint density at radius 3 is 2.53 bits per heavy atom. The van der Waals surface area contributed by atoms with Crippen LogP contribution < -0.4 is 10.6 Å². The van der Waals surface area contributed by atoms with Crippen LogP contribution in [0.4, 0.5) is 8.78 Å². The lowest BCUT2D eigenvalue weighted by atomic mass is 9.98. The minimum atomic E-state index is -0.969. The molecule has 0 spiro atoms. The van der Waals surface area contributed by atoms with Gasteiger partial charge in [0.05, 0.1) is 12.1 Å². The van der Waals surface area contributed by atoms with Gasteiger partial charge in [0.15, 0.2) is 0 Å². The van der Waals surface area contributed by atoms with Crippen LogP contribution in [0, 0.1) is 11.6 Å². The van der Waals surface area contributed by atoms with Crippen molar-refractivity contribution in [1.82, 2.24) is 10.6 Å². The van der Waals surface area contributed by atoms with Crippen LogP contribution in [0.5, 0.6) is 0 Å². The van der Waals surface area contributed by atoms with Crippen LogP contribution in [-0.2, 0) is 25.8 Å². The first-order valence-corrected chi connectivity index (χ1v) is 12.7. The Morgan fingerprint density at radius 2 is 1.78 bits per heavy atom. The van der Waals surface area contributed by atoms with Gasteiger partial charge >= 0.3 is 0 Å². The average molecular weight is 493 g/mol. The Kier molecular flexibility index (Phi) is 8.49. The second-order valence-corrected chi connectivity index (χ2v) is 9.79.